The maximum Gasteiger partial charge on any atom is 0.178 e. The van der Waals surface area contributed by atoms with E-state index in [0.717, 1.165) is 12.8 Å². The van der Waals surface area contributed by atoms with Gasteiger partial charge in [0.2, 0.25) is 0 Å². The van der Waals surface area contributed by atoms with Gasteiger partial charge >= 0.3 is 0 Å². The average molecular weight is 265 g/mol. The first-order valence-electron chi connectivity index (χ1n) is 6.87. The molecule has 0 aliphatic carbocycles. The van der Waals surface area contributed by atoms with Crippen molar-refractivity contribution in [2.24, 2.45) is 0 Å². The molecule has 0 saturated carbocycles. The summed E-state index contributed by atoms with van der Waals surface area (Å²) in [7, 11) is 0. The molecule has 2 rings (SSSR count). The number of phenols is 1. The molecule has 1 aromatic rings. The fourth-order valence-corrected chi connectivity index (χ4v) is 2.17. The molecular weight excluding hydrogens is 242 g/mol. The molecule has 0 spiro atoms. The number of benzene rings is 1. The van der Waals surface area contributed by atoms with E-state index in [2.05, 4.69) is 12.2 Å². The van der Waals surface area contributed by atoms with Crippen LogP contribution in [0.15, 0.2) is 24.3 Å². The molecule has 0 aromatic heterocycles. The Morgan fingerprint density at radius 1 is 1.26 bits per heavy atom. The van der Waals surface area contributed by atoms with Gasteiger partial charge in [0.1, 0.15) is 5.75 Å². The molecule has 0 radical (unpaired) electrons. The van der Waals surface area contributed by atoms with Crippen molar-refractivity contribution in [1.82, 2.24) is 5.32 Å². The highest BCUT2D eigenvalue weighted by molar-refractivity contribution is 5.25. The highest BCUT2D eigenvalue weighted by Crippen LogP contribution is 2.17. The normalized spacial score (nSPS) is 19.5. The SMILES string of the molecule is CC(CCc1ccc(O)cc1)NCC1(C)OCCO1. The van der Waals surface area contributed by atoms with Crippen molar-refractivity contribution in [2.45, 2.75) is 38.5 Å². The predicted octanol–water partition coefficient (Wildman–Crippen LogP) is 2.07. The van der Waals surface area contributed by atoms with E-state index < -0.39 is 5.79 Å². The van der Waals surface area contributed by atoms with Crippen LogP contribution in [0.3, 0.4) is 0 Å². The summed E-state index contributed by atoms with van der Waals surface area (Å²) in [6, 6.07) is 7.79. The summed E-state index contributed by atoms with van der Waals surface area (Å²) >= 11 is 0. The quantitative estimate of drug-likeness (QED) is 0.826. The van der Waals surface area contributed by atoms with Crippen molar-refractivity contribution in [2.75, 3.05) is 19.8 Å². The molecule has 4 nitrogen and oxygen atoms in total. The number of rotatable bonds is 6. The van der Waals surface area contributed by atoms with E-state index in [9.17, 15) is 5.11 Å². The van der Waals surface area contributed by atoms with Gasteiger partial charge in [-0.3, -0.25) is 0 Å². The zero-order chi connectivity index (χ0) is 13.7. The highest BCUT2D eigenvalue weighted by Gasteiger charge is 2.30. The molecule has 2 N–H and O–H groups in total. The van der Waals surface area contributed by atoms with Crippen LogP contribution < -0.4 is 5.32 Å². The Labute approximate surface area is 114 Å². The molecule has 1 aliphatic rings. The van der Waals surface area contributed by atoms with Crippen LogP contribution in [0.1, 0.15) is 25.8 Å². The Balaban J connectivity index is 1.69. The van der Waals surface area contributed by atoms with E-state index in [1.165, 1.54) is 5.56 Å². The topological polar surface area (TPSA) is 50.7 Å². The van der Waals surface area contributed by atoms with E-state index in [-0.39, 0.29) is 0 Å². The molecule has 106 valence electrons. The molecule has 1 unspecified atom stereocenters. The van der Waals surface area contributed by atoms with Crippen LogP contribution in [0.4, 0.5) is 0 Å². The molecular formula is C15H23NO3. The van der Waals surface area contributed by atoms with Gasteiger partial charge in [-0.05, 0) is 44.4 Å². The number of phenolic OH excluding ortho intramolecular Hbond substituents is 1. The van der Waals surface area contributed by atoms with Crippen LogP contribution in [0, 0.1) is 0 Å². The van der Waals surface area contributed by atoms with Crippen molar-refractivity contribution >= 4 is 0 Å². The van der Waals surface area contributed by atoms with Gasteiger partial charge in [0.05, 0.1) is 13.2 Å². The maximum absolute atomic E-state index is 9.23. The van der Waals surface area contributed by atoms with Crippen LogP contribution in [-0.4, -0.2) is 36.7 Å². The Morgan fingerprint density at radius 2 is 1.89 bits per heavy atom. The summed E-state index contributed by atoms with van der Waals surface area (Å²) in [6.07, 6.45) is 2.04. The van der Waals surface area contributed by atoms with Gasteiger partial charge in [-0.25, -0.2) is 0 Å². The maximum atomic E-state index is 9.23. The molecule has 0 bridgehead atoms. The second kappa shape index (κ2) is 6.37. The number of ether oxygens (including phenoxy) is 2. The molecule has 1 heterocycles. The Morgan fingerprint density at radius 3 is 2.53 bits per heavy atom. The van der Waals surface area contributed by atoms with Gasteiger partial charge in [0, 0.05) is 12.6 Å². The smallest absolute Gasteiger partial charge is 0.178 e. The van der Waals surface area contributed by atoms with Crippen LogP contribution >= 0.6 is 0 Å². The largest absolute Gasteiger partial charge is 0.508 e. The number of hydrogen-bond donors (Lipinski definition) is 2. The fourth-order valence-electron chi connectivity index (χ4n) is 2.17. The van der Waals surface area contributed by atoms with E-state index in [4.69, 9.17) is 9.47 Å². The summed E-state index contributed by atoms with van der Waals surface area (Å²) in [6.45, 7) is 6.21. The lowest BCUT2D eigenvalue weighted by Crippen LogP contribution is -2.42. The van der Waals surface area contributed by atoms with Crippen LogP contribution in [0.2, 0.25) is 0 Å². The lowest BCUT2D eigenvalue weighted by atomic mass is 10.1. The molecule has 1 atom stereocenters. The van der Waals surface area contributed by atoms with Crippen LogP contribution in [-0.2, 0) is 15.9 Å². The Bertz CT molecular complexity index is 385. The third-order valence-corrected chi connectivity index (χ3v) is 3.47. The average Bonchev–Trinajstić information content (AvgIpc) is 2.83. The molecule has 19 heavy (non-hydrogen) atoms. The van der Waals surface area contributed by atoms with Crippen molar-refractivity contribution < 1.29 is 14.6 Å². The van der Waals surface area contributed by atoms with Gasteiger partial charge in [-0.2, -0.15) is 0 Å². The first kappa shape index (κ1) is 14.3. The fraction of sp³-hybridized carbons (Fsp3) is 0.600. The third-order valence-electron chi connectivity index (χ3n) is 3.47. The summed E-state index contributed by atoms with van der Waals surface area (Å²) in [4.78, 5) is 0. The summed E-state index contributed by atoms with van der Waals surface area (Å²) < 4.78 is 11.1. The minimum absolute atomic E-state index is 0.318. The summed E-state index contributed by atoms with van der Waals surface area (Å²) in [5.41, 5.74) is 1.24. The molecule has 0 amide bonds. The van der Waals surface area contributed by atoms with Crippen molar-refractivity contribution in [3.8, 4) is 5.75 Å². The first-order chi connectivity index (χ1) is 9.07. The number of aromatic hydroxyl groups is 1. The van der Waals surface area contributed by atoms with Gasteiger partial charge in [-0.1, -0.05) is 12.1 Å². The van der Waals surface area contributed by atoms with Crippen LogP contribution in [0.5, 0.6) is 5.75 Å². The molecule has 4 heteroatoms. The minimum atomic E-state index is -0.465. The standard InChI is InChI=1S/C15H23NO3/c1-12(16-11-15(2)18-9-10-19-15)3-4-13-5-7-14(17)8-6-13/h5-8,12,16-17H,3-4,9-11H2,1-2H3. The van der Waals surface area contributed by atoms with Crippen molar-refractivity contribution in [3.05, 3.63) is 29.8 Å². The van der Waals surface area contributed by atoms with E-state index in [1.54, 1.807) is 12.1 Å². The lowest BCUT2D eigenvalue weighted by Gasteiger charge is -2.25. The zero-order valence-electron chi connectivity index (χ0n) is 11.7. The third kappa shape index (κ3) is 4.49. The lowest BCUT2D eigenvalue weighted by molar-refractivity contribution is -0.139. The second-order valence-corrected chi connectivity index (χ2v) is 5.32. The number of nitrogens with one attached hydrogen (secondary N) is 1. The van der Waals surface area contributed by atoms with Gasteiger partial charge in [-0.15, -0.1) is 0 Å². The van der Waals surface area contributed by atoms with Crippen LogP contribution in [0.25, 0.3) is 0 Å². The van der Waals surface area contributed by atoms with E-state index in [1.807, 2.05) is 19.1 Å². The molecule has 1 aromatic carbocycles. The monoisotopic (exact) mass is 265 g/mol. The number of aryl methyl sites for hydroxylation is 1. The molecule has 1 fully saturated rings. The van der Waals surface area contributed by atoms with E-state index >= 15 is 0 Å². The summed E-state index contributed by atoms with van der Waals surface area (Å²) in [5, 5.41) is 12.7. The highest BCUT2D eigenvalue weighted by atomic mass is 16.7. The van der Waals surface area contributed by atoms with Crippen molar-refractivity contribution in [3.63, 3.8) is 0 Å². The summed E-state index contributed by atoms with van der Waals surface area (Å²) in [5.74, 6) is -0.148. The predicted molar refractivity (Wildman–Crippen MR) is 74.2 cm³/mol. The van der Waals surface area contributed by atoms with Gasteiger partial charge in [0.15, 0.2) is 5.79 Å². The zero-order valence-corrected chi connectivity index (χ0v) is 11.7. The van der Waals surface area contributed by atoms with E-state index in [0.29, 0.717) is 31.5 Å². The molecule has 1 saturated heterocycles. The van der Waals surface area contributed by atoms with Gasteiger partial charge < -0.3 is 19.9 Å². The Hall–Kier alpha value is -1.10. The molecule has 1 aliphatic heterocycles. The van der Waals surface area contributed by atoms with Gasteiger partial charge in [0.25, 0.3) is 0 Å². The minimum Gasteiger partial charge on any atom is -0.508 e. The first-order valence-corrected chi connectivity index (χ1v) is 6.87. The van der Waals surface area contributed by atoms with Crippen molar-refractivity contribution in [1.29, 1.82) is 0 Å². The number of hydrogen-bond acceptors (Lipinski definition) is 4. The Kier molecular flexibility index (Phi) is 4.80. The second-order valence-electron chi connectivity index (χ2n) is 5.32.